The topological polar surface area (TPSA) is 12.9 Å². The van der Waals surface area contributed by atoms with E-state index in [9.17, 15) is 0 Å². The van der Waals surface area contributed by atoms with Crippen molar-refractivity contribution in [3.63, 3.8) is 0 Å². The fraction of sp³-hybridized carbons (Fsp3) is 0.0833. The van der Waals surface area contributed by atoms with Gasteiger partial charge in [-0.1, -0.05) is 12.1 Å². The molecule has 0 aliphatic heterocycles. The SMILES string of the molecule is Cc1c(S)cccc1-c1ccncc1. The molecule has 0 saturated heterocycles. The van der Waals surface area contributed by atoms with Gasteiger partial charge in [-0.05, 0) is 41.8 Å². The Morgan fingerprint density at radius 2 is 1.79 bits per heavy atom. The zero-order valence-corrected chi connectivity index (χ0v) is 8.83. The van der Waals surface area contributed by atoms with Crippen molar-refractivity contribution in [3.05, 3.63) is 48.3 Å². The second-order valence-electron chi connectivity index (χ2n) is 3.19. The first-order chi connectivity index (χ1) is 6.79. The highest BCUT2D eigenvalue weighted by atomic mass is 32.1. The van der Waals surface area contributed by atoms with Crippen LogP contribution in [-0.2, 0) is 0 Å². The van der Waals surface area contributed by atoms with E-state index in [1.807, 2.05) is 24.3 Å². The van der Waals surface area contributed by atoms with E-state index in [4.69, 9.17) is 0 Å². The number of hydrogen-bond acceptors (Lipinski definition) is 2. The molecule has 0 atom stereocenters. The first kappa shape index (κ1) is 9.28. The minimum Gasteiger partial charge on any atom is -0.265 e. The molecule has 0 bridgehead atoms. The van der Waals surface area contributed by atoms with Crippen LogP contribution in [0.1, 0.15) is 5.56 Å². The lowest BCUT2D eigenvalue weighted by Gasteiger charge is -2.07. The van der Waals surface area contributed by atoms with Crippen LogP contribution in [0.25, 0.3) is 11.1 Å². The van der Waals surface area contributed by atoms with Gasteiger partial charge in [-0.2, -0.15) is 0 Å². The third-order valence-electron chi connectivity index (χ3n) is 2.30. The van der Waals surface area contributed by atoms with Crippen LogP contribution in [0.15, 0.2) is 47.6 Å². The van der Waals surface area contributed by atoms with E-state index in [1.165, 1.54) is 16.7 Å². The number of nitrogens with zero attached hydrogens (tertiary/aromatic N) is 1. The molecular formula is C12H11NS. The van der Waals surface area contributed by atoms with Gasteiger partial charge in [0.2, 0.25) is 0 Å². The molecule has 2 heteroatoms. The predicted octanol–water partition coefficient (Wildman–Crippen LogP) is 3.35. The first-order valence-corrected chi connectivity index (χ1v) is 4.93. The van der Waals surface area contributed by atoms with Crippen LogP contribution < -0.4 is 0 Å². The van der Waals surface area contributed by atoms with Crippen molar-refractivity contribution in [1.82, 2.24) is 4.98 Å². The Morgan fingerprint density at radius 3 is 2.50 bits per heavy atom. The van der Waals surface area contributed by atoms with Crippen LogP contribution in [0, 0.1) is 6.92 Å². The maximum absolute atomic E-state index is 4.40. The molecule has 0 fully saturated rings. The van der Waals surface area contributed by atoms with Crippen LogP contribution in [0.4, 0.5) is 0 Å². The minimum atomic E-state index is 1.03. The monoisotopic (exact) mass is 201 g/mol. The van der Waals surface area contributed by atoms with Gasteiger partial charge in [0.1, 0.15) is 0 Å². The van der Waals surface area contributed by atoms with E-state index in [0.29, 0.717) is 0 Å². The largest absolute Gasteiger partial charge is 0.265 e. The molecule has 0 amide bonds. The molecule has 2 aromatic rings. The molecule has 1 aromatic heterocycles. The molecule has 1 nitrogen and oxygen atoms in total. The number of hydrogen-bond donors (Lipinski definition) is 1. The van der Waals surface area contributed by atoms with E-state index >= 15 is 0 Å². The van der Waals surface area contributed by atoms with Crippen molar-refractivity contribution in [3.8, 4) is 11.1 Å². The lowest BCUT2D eigenvalue weighted by molar-refractivity contribution is 1.29. The third kappa shape index (κ3) is 1.66. The average molecular weight is 201 g/mol. The molecule has 1 aromatic carbocycles. The summed E-state index contributed by atoms with van der Waals surface area (Å²) in [5, 5.41) is 0. The van der Waals surface area contributed by atoms with Gasteiger partial charge in [0, 0.05) is 17.3 Å². The highest BCUT2D eigenvalue weighted by Gasteiger charge is 2.02. The normalized spacial score (nSPS) is 10.1. The van der Waals surface area contributed by atoms with Gasteiger partial charge < -0.3 is 0 Å². The summed E-state index contributed by atoms with van der Waals surface area (Å²) in [6.45, 7) is 2.08. The number of aromatic nitrogens is 1. The molecule has 2 rings (SSSR count). The van der Waals surface area contributed by atoms with E-state index in [2.05, 4.69) is 30.6 Å². The van der Waals surface area contributed by atoms with Gasteiger partial charge >= 0.3 is 0 Å². The van der Waals surface area contributed by atoms with Gasteiger partial charge in [-0.3, -0.25) is 4.98 Å². The number of thiol groups is 1. The molecule has 14 heavy (non-hydrogen) atoms. The fourth-order valence-electron chi connectivity index (χ4n) is 1.47. The Bertz CT molecular complexity index is 437. The fourth-order valence-corrected chi connectivity index (χ4v) is 1.67. The van der Waals surface area contributed by atoms with Crippen molar-refractivity contribution in [2.75, 3.05) is 0 Å². The Hall–Kier alpha value is -1.28. The third-order valence-corrected chi connectivity index (χ3v) is 2.78. The molecule has 0 spiro atoms. The minimum absolute atomic E-state index is 1.03. The number of rotatable bonds is 1. The van der Waals surface area contributed by atoms with Gasteiger partial charge in [0.15, 0.2) is 0 Å². The Balaban J connectivity index is 2.58. The molecule has 1 heterocycles. The maximum atomic E-state index is 4.40. The van der Waals surface area contributed by atoms with Crippen molar-refractivity contribution in [2.24, 2.45) is 0 Å². The van der Waals surface area contributed by atoms with Gasteiger partial charge in [-0.15, -0.1) is 12.6 Å². The molecule has 0 N–H and O–H groups in total. The molecule has 0 saturated carbocycles. The smallest absolute Gasteiger partial charge is 0.0273 e. The molecule has 0 aliphatic carbocycles. The summed E-state index contributed by atoms with van der Waals surface area (Å²) >= 11 is 4.40. The van der Waals surface area contributed by atoms with Crippen LogP contribution in [0.3, 0.4) is 0 Å². The first-order valence-electron chi connectivity index (χ1n) is 4.48. The highest BCUT2D eigenvalue weighted by molar-refractivity contribution is 7.80. The second kappa shape index (κ2) is 3.84. The summed E-state index contributed by atoms with van der Waals surface area (Å²) in [4.78, 5) is 5.03. The van der Waals surface area contributed by atoms with Gasteiger partial charge in [-0.25, -0.2) is 0 Å². The lowest BCUT2D eigenvalue weighted by Crippen LogP contribution is -1.84. The summed E-state index contributed by atoms with van der Waals surface area (Å²) in [5.41, 5.74) is 3.62. The Morgan fingerprint density at radius 1 is 1.07 bits per heavy atom. The zero-order chi connectivity index (χ0) is 9.97. The number of pyridine rings is 1. The summed E-state index contributed by atoms with van der Waals surface area (Å²) < 4.78 is 0. The van der Waals surface area contributed by atoms with Gasteiger partial charge in [0.25, 0.3) is 0 Å². The molecule has 0 aliphatic rings. The Labute approximate surface area is 89.2 Å². The molecule has 0 radical (unpaired) electrons. The summed E-state index contributed by atoms with van der Waals surface area (Å²) in [5.74, 6) is 0. The van der Waals surface area contributed by atoms with Crippen molar-refractivity contribution in [1.29, 1.82) is 0 Å². The maximum Gasteiger partial charge on any atom is 0.0273 e. The highest BCUT2D eigenvalue weighted by Crippen LogP contribution is 2.26. The van der Waals surface area contributed by atoms with E-state index < -0.39 is 0 Å². The molecule has 70 valence electrons. The average Bonchev–Trinajstić information content (AvgIpc) is 2.23. The van der Waals surface area contributed by atoms with Crippen molar-refractivity contribution >= 4 is 12.6 Å². The Kier molecular flexibility index (Phi) is 2.55. The van der Waals surface area contributed by atoms with E-state index in [-0.39, 0.29) is 0 Å². The van der Waals surface area contributed by atoms with Crippen molar-refractivity contribution in [2.45, 2.75) is 11.8 Å². The lowest BCUT2D eigenvalue weighted by atomic mass is 10.0. The summed E-state index contributed by atoms with van der Waals surface area (Å²) in [6.07, 6.45) is 3.61. The van der Waals surface area contributed by atoms with Crippen LogP contribution in [0.5, 0.6) is 0 Å². The van der Waals surface area contributed by atoms with Gasteiger partial charge in [0.05, 0.1) is 0 Å². The summed E-state index contributed by atoms with van der Waals surface area (Å²) in [7, 11) is 0. The standard InChI is InChI=1S/C12H11NS/c1-9-11(3-2-4-12(9)14)10-5-7-13-8-6-10/h2-8,14H,1H3. The number of benzene rings is 1. The van der Waals surface area contributed by atoms with E-state index in [1.54, 1.807) is 12.4 Å². The predicted molar refractivity (Wildman–Crippen MR) is 61.7 cm³/mol. The quantitative estimate of drug-likeness (QED) is 0.698. The molecule has 0 unspecified atom stereocenters. The van der Waals surface area contributed by atoms with Crippen LogP contribution in [-0.4, -0.2) is 4.98 Å². The molecular weight excluding hydrogens is 190 g/mol. The van der Waals surface area contributed by atoms with Crippen LogP contribution >= 0.6 is 12.6 Å². The zero-order valence-electron chi connectivity index (χ0n) is 7.94. The van der Waals surface area contributed by atoms with Crippen molar-refractivity contribution < 1.29 is 0 Å². The second-order valence-corrected chi connectivity index (χ2v) is 3.67. The van der Waals surface area contributed by atoms with E-state index in [0.717, 1.165) is 4.90 Å². The summed E-state index contributed by atoms with van der Waals surface area (Å²) in [6, 6.07) is 10.1. The van der Waals surface area contributed by atoms with Crippen LogP contribution in [0.2, 0.25) is 0 Å².